The fourth-order valence-corrected chi connectivity index (χ4v) is 2.85. The largest absolute Gasteiger partial charge is 0.416 e. The zero-order valence-corrected chi connectivity index (χ0v) is 12.3. The molecule has 0 amide bonds. The van der Waals surface area contributed by atoms with Gasteiger partial charge in [0, 0.05) is 6.92 Å². The zero-order valence-electron chi connectivity index (χ0n) is 11.5. The van der Waals surface area contributed by atoms with E-state index in [-0.39, 0.29) is 0 Å². The third-order valence-corrected chi connectivity index (χ3v) is 3.80. The Hall–Kier alpha value is -2.41. The number of aldehydes is 1. The van der Waals surface area contributed by atoms with Crippen molar-refractivity contribution in [2.75, 3.05) is 0 Å². The molecule has 2 heterocycles. The minimum Gasteiger partial charge on any atom is -0.416 e. The van der Waals surface area contributed by atoms with Gasteiger partial charge in [-0.15, -0.1) is 10.2 Å². The highest BCUT2D eigenvalue weighted by molar-refractivity contribution is 7.99. The van der Waals surface area contributed by atoms with Crippen LogP contribution in [0.3, 0.4) is 0 Å². The second-order valence-corrected chi connectivity index (χ2v) is 5.30. The molecule has 0 N–H and O–H groups in total. The van der Waals surface area contributed by atoms with Crippen molar-refractivity contribution in [2.45, 2.75) is 24.1 Å². The highest BCUT2D eigenvalue weighted by atomic mass is 32.2. The quantitative estimate of drug-likeness (QED) is 0.690. The number of carbonyl (C=O) groups excluding carboxylic acids is 1. The lowest BCUT2D eigenvalue weighted by Crippen LogP contribution is -1.98. The van der Waals surface area contributed by atoms with E-state index in [0.717, 1.165) is 12.0 Å². The first kappa shape index (κ1) is 13.6. The van der Waals surface area contributed by atoms with Crippen molar-refractivity contribution >= 4 is 18.0 Å². The predicted molar refractivity (Wildman–Crippen MR) is 76.8 cm³/mol. The van der Waals surface area contributed by atoms with Crippen molar-refractivity contribution in [3.63, 3.8) is 0 Å². The van der Waals surface area contributed by atoms with Gasteiger partial charge in [-0.1, -0.05) is 18.2 Å². The van der Waals surface area contributed by atoms with Crippen LogP contribution in [0.2, 0.25) is 0 Å². The summed E-state index contributed by atoms with van der Waals surface area (Å²) in [4.78, 5) is 11.4. The first-order chi connectivity index (χ1) is 10.2. The smallest absolute Gasteiger partial charge is 0.282 e. The van der Waals surface area contributed by atoms with Crippen LogP contribution in [0.5, 0.6) is 0 Å². The summed E-state index contributed by atoms with van der Waals surface area (Å²) in [5.74, 6) is 0.479. The number of rotatable bonds is 4. The van der Waals surface area contributed by atoms with E-state index in [2.05, 4.69) is 15.3 Å². The molecule has 0 atom stereocenters. The van der Waals surface area contributed by atoms with E-state index >= 15 is 0 Å². The Morgan fingerprint density at radius 1 is 1.19 bits per heavy atom. The molecule has 0 aliphatic rings. The van der Waals surface area contributed by atoms with E-state index in [0.29, 0.717) is 27.4 Å². The summed E-state index contributed by atoms with van der Waals surface area (Å²) in [6.45, 7) is 3.52. The van der Waals surface area contributed by atoms with E-state index in [4.69, 9.17) is 4.42 Å². The number of hydrogen-bond donors (Lipinski definition) is 0. The molecule has 0 saturated heterocycles. The second kappa shape index (κ2) is 5.53. The maximum Gasteiger partial charge on any atom is 0.282 e. The Bertz CT molecular complexity index is 780. The summed E-state index contributed by atoms with van der Waals surface area (Å²) < 4.78 is 7.08. The molecule has 0 radical (unpaired) electrons. The SMILES string of the molecule is Cc1nnc(Sc2c(C=O)c(C)nn2-c2ccccc2)o1. The number of carbonyl (C=O) groups is 1. The number of nitrogens with zero attached hydrogens (tertiary/aromatic N) is 4. The molecule has 0 spiro atoms. The number of aromatic nitrogens is 4. The molecule has 7 heteroatoms. The van der Waals surface area contributed by atoms with Gasteiger partial charge in [0.05, 0.1) is 16.9 Å². The first-order valence-corrected chi connectivity index (χ1v) is 7.09. The van der Waals surface area contributed by atoms with E-state index in [1.165, 1.54) is 11.8 Å². The fraction of sp³-hybridized carbons (Fsp3) is 0.143. The Labute approximate surface area is 125 Å². The third kappa shape index (κ3) is 2.59. The molecule has 0 aliphatic heterocycles. The average Bonchev–Trinajstić information content (AvgIpc) is 3.04. The molecule has 0 bridgehead atoms. The van der Waals surface area contributed by atoms with Crippen molar-refractivity contribution in [1.82, 2.24) is 20.0 Å². The van der Waals surface area contributed by atoms with Gasteiger partial charge >= 0.3 is 0 Å². The molecule has 2 aromatic heterocycles. The maximum atomic E-state index is 11.4. The lowest BCUT2D eigenvalue weighted by atomic mass is 10.3. The molecular weight excluding hydrogens is 288 g/mol. The van der Waals surface area contributed by atoms with Crippen LogP contribution >= 0.6 is 11.8 Å². The van der Waals surface area contributed by atoms with Gasteiger partial charge in [0.2, 0.25) is 5.89 Å². The van der Waals surface area contributed by atoms with E-state index < -0.39 is 0 Å². The van der Waals surface area contributed by atoms with Crippen LogP contribution in [-0.2, 0) is 0 Å². The molecule has 1 aromatic carbocycles. The van der Waals surface area contributed by atoms with Crippen molar-refractivity contribution in [1.29, 1.82) is 0 Å². The molecule has 0 saturated carbocycles. The van der Waals surface area contributed by atoms with Gasteiger partial charge in [-0.2, -0.15) is 5.10 Å². The summed E-state index contributed by atoms with van der Waals surface area (Å²) in [7, 11) is 0. The van der Waals surface area contributed by atoms with E-state index in [9.17, 15) is 4.79 Å². The number of benzene rings is 1. The van der Waals surface area contributed by atoms with Gasteiger partial charge in [-0.05, 0) is 30.8 Å². The minimum atomic E-state index is 0.382. The third-order valence-electron chi connectivity index (χ3n) is 2.87. The standard InChI is InChI=1S/C14H12N4O2S/c1-9-12(8-19)13(21-14-16-15-10(2)20-14)18(17-9)11-6-4-3-5-7-11/h3-8H,1-2H3. The Morgan fingerprint density at radius 2 is 1.95 bits per heavy atom. The summed E-state index contributed by atoms with van der Waals surface area (Å²) in [5.41, 5.74) is 2.06. The normalized spacial score (nSPS) is 10.8. The van der Waals surface area contributed by atoms with Crippen molar-refractivity contribution in [2.24, 2.45) is 0 Å². The van der Waals surface area contributed by atoms with Crippen LogP contribution in [0.15, 0.2) is 45.0 Å². The van der Waals surface area contributed by atoms with E-state index in [1.54, 1.807) is 18.5 Å². The highest BCUT2D eigenvalue weighted by Gasteiger charge is 2.19. The monoisotopic (exact) mass is 300 g/mol. The second-order valence-electron chi connectivity index (χ2n) is 4.36. The lowest BCUT2D eigenvalue weighted by Gasteiger charge is -2.05. The zero-order chi connectivity index (χ0) is 14.8. The van der Waals surface area contributed by atoms with Gasteiger partial charge in [-0.25, -0.2) is 4.68 Å². The molecule has 0 unspecified atom stereocenters. The number of aryl methyl sites for hydroxylation is 2. The molecule has 21 heavy (non-hydrogen) atoms. The maximum absolute atomic E-state index is 11.4. The summed E-state index contributed by atoms with van der Waals surface area (Å²) in [6, 6.07) is 9.60. The fourth-order valence-electron chi connectivity index (χ4n) is 1.90. The van der Waals surface area contributed by atoms with Crippen LogP contribution in [0.25, 0.3) is 5.69 Å². The van der Waals surface area contributed by atoms with Crippen LogP contribution in [0, 0.1) is 13.8 Å². The molecular formula is C14H12N4O2S. The average molecular weight is 300 g/mol. The van der Waals surface area contributed by atoms with Crippen LogP contribution in [-0.4, -0.2) is 26.3 Å². The van der Waals surface area contributed by atoms with Crippen molar-refractivity contribution < 1.29 is 9.21 Å². The predicted octanol–water partition coefficient (Wildman–Crippen LogP) is 2.84. The Balaban J connectivity index is 2.10. The van der Waals surface area contributed by atoms with Crippen LogP contribution in [0.4, 0.5) is 0 Å². The van der Waals surface area contributed by atoms with Gasteiger partial charge < -0.3 is 4.42 Å². The van der Waals surface area contributed by atoms with Gasteiger partial charge in [0.25, 0.3) is 5.22 Å². The van der Waals surface area contributed by atoms with Gasteiger partial charge in [0.15, 0.2) is 6.29 Å². The lowest BCUT2D eigenvalue weighted by molar-refractivity contribution is 0.112. The Morgan fingerprint density at radius 3 is 2.57 bits per heavy atom. The first-order valence-electron chi connectivity index (χ1n) is 6.27. The summed E-state index contributed by atoms with van der Waals surface area (Å²) >= 11 is 1.23. The molecule has 0 fully saturated rings. The minimum absolute atomic E-state index is 0.382. The number of hydrogen-bond acceptors (Lipinski definition) is 6. The highest BCUT2D eigenvalue weighted by Crippen LogP contribution is 2.32. The van der Waals surface area contributed by atoms with Crippen molar-refractivity contribution in [3.8, 4) is 5.69 Å². The van der Waals surface area contributed by atoms with Gasteiger partial charge in [0.1, 0.15) is 5.03 Å². The molecule has 106 valence electrons. The summed E-state index contributed by atoms with van der Waals surface area (Å²) in [6.07, 6.45) is 0.799. The van der Waals surface area contributed by atoms with Crippen LogP contribution < -0.4 is 0 Å². The molecule has 3 aromatic rings. The van der Waals surface area contributed by atoms with Crippen LogP contribution in [0.1, 0.15) is 21.9 Å². The molecule has 6 nitrogen and oxygen atoms in total. The van der Waals surface area contributed by atoms with E-state index in [1.807, 2.05) is 30.3 Å². The molecule has 3 rings (SSSR count). The summed E-state index contributed by atoms with van der Waals surface area (Å²) in [5, 5.41) is 13.2. The van der Waals surface area contributed by atoms with Gasteiger partial charge in [-0.3, -0.25) is 4.79 Å². The molecule has 0 aliphatic carbocycles. The van der Waals surface area contributed by atoms with Crippen molar-refractivity contribution in [3.05, 3.63) is 47.5 Å². The Kier molecular flexibility index (Phi) is 3.57. The number of para-hydroxylation sites is 1. The topological polar surface area (TPSA) is 73.8 Å².